The molecule has 2 atom stereocenters. The number of likely N-dealkylation sites (tertiary alicyclic amines) is 1. The van der Waals surface area contributed by atoms with Crippen LogP contribution in [0.1, 0.15) is 19.8 Å². The molecule has 1 rings (SSSR count). The molecule has 82 valence electrons. The molecule has 4 heteroatoms. The van der Waals surface area contributed by atoms with E-state index in [0.717, 1.165) is 13.1 Å². The van der Waals surface area contributed by atoms with Crippen molar-refractivity contribution in [2.24, 2.45) is 5.73 Å². The molecular weight excluding hydrogens is 176 g/mol. The van der Waals surface area contributed by atoms with E-state index < -0.39 is 0 Å². The molecule has 0 amide bonds. The van der Waals surface area contributed by atoms with Crippen LogP contribution in [-0.4, -0.2) is 54.9 Å². The molecule has 0 aliphatic carbocycles. The first-order chi connectivity index (χ1) is 6.52. The maximum Gasteiger partial charge on any atom is 0.108 e. The van der Waals surface area contributed by atoms with Crippen LogP contribution in [0, 0.1) is 5.41 Å². The summed E-state index contributed by atoms with van der Waals surface area (Å²) in [5.41, 5.74) is 5.54. The monoisotopic (exact) mass is 198 g/mol. The molecule has 0 bridgehead atoms. The van der Waals surface area contributed by atoms with Gasteiger partial charge in [0.1, 0.15) is 5.84 Å². The number of hydrogen-bond acceptors (Lipinski definition) is 3. The van der Waals surface area contributed by atoms with E-state index in [2.05, 4.69) is 23.9 Å². The summed E-state index contributed by atoms with van der Waals surface area (Å²) in [4.78, 5) is 4.55. The number of nitrogens with two attached hydrogens (primary N) is 1. The van der Waals surface area contributed by atoms with Crippen molar-refractivity contribution in [1.29, 1.82) is 5.41 Å². The number of nitrogens with one attached hydrogen (secondary N) is 1. The Morgan fingerprint density at radius 1 is 1.64 bits per heavy atom. The minimum Gasteiger partial charge on any atom is -0.386 e. The Morgan fingerprint density at radius 3 is 2.79 bits per heavy atom. The second-order valence-electron chi connectivity index (χ2n) is 4.43. The Labute approximate surface area is 86.6 Å². The number of rotatable bonds is 4. The molecule has 0 aromatic rings. The maximum atomic E-state index is 7.46. The molecule has 14 heavy (non-hydrogen) atoms. The van der Waals surface area contributed by atoms with Crippen molar-refractivity contribution in [3.8, 4) is 0 Å². The largest absolute Gasteiger partial charge is 0.386 e. The Hall–Kier alpha value is -0.610. The van der Waals surface area contributed by atoms with Gasteiger partial charge in [-0.25, -0.2) is 0 Å². The lowest BCUT2D eigenvalue weighted by Gasteiger charge is -2.31. The Kier molecular flexibility index (Phi) is 3.89. The lowest BCUT2D eigenvalue weighted by atomic mass is 10.2. The topological polar surface area (TPSA) is 56.4 Å². The molecule has 0 radical (unpaired) electrons. The van der Waals surface area contributed by atoms with Crippen LogP contribution in [0.3, 0.4) is 0 Å². The molecule has 1 saturated heterocycles. The summed E-state index contributed by atoms with van der Waals surface area (Å²) in [6, 6.07) is 0.673. The minimum atomic E-state index is 0.0995. The third-order valence-corrected chi connectivity index (χ3v) is 2.95. The molecule has 3 N–H and O–H groups in total. The predicted molar refractivity (Wildman–Crippen MR) is 59.7 cm³/mol. The average Bonchev–Trinajstić information content (AvgIpc) is 2.49. The molecular formula is C10H22N4. The van der Waals surface area contributed by atoms with E-state index in [1.54, 1.807) is 0 Å². The lowest BCUT2D eigenvalue weighted by Crippen LogP contribution is -2.47. The first-order valence-corrected chi connectivity index (χ1v) is 5.26. The zero-order valence-electron chi connectivity index (χ0n) is 9.45. The molecule has 0 aromatic heterocycles. The normalized spacial score (nSPS) is 25.6. The van der Waals surface area contributed by atoms with Crippen molar-refractivity contribution < 1.29 is 0 Å². The summed E-state index contributed by atoms with van der Waals surface area (Å²) in [6.45, 7) is 4.17. The standard InChI is InChI=1S/C10H22N4/c1-8(10(11)12)14-6-4-5-9(14)7-13(2)3/h8-9H,4-7H2,1-3H3,(H3,11,12). The fourth-order valence-electron chi connectivity index (χ4n) is 2.16. The number of nitrogens with zero attached hydrogens (tertiary/aromatic N) is 2. The first-order valence-electron chi connectivity index (χ1n) is 5.26. The Bertz CT molecular complexity index is 202. The number of likely N-dealkylation sites (N-methyl/N-ethyl adjacent to an activating group) is 1. The van der Waals surface area contributed by atoms with Gasteiger partial charge in [0, 0.05) is 12.6 Å². The average molecular weight is 198 g/mol. The van der Waals surface area contributed by atoms with E-state index in [9.17, 15) is 0 Å². The van der Waals surface area contributed by atoms with Crippen molar-refractivity contribution in [1.82, 2.24) is 9.80 Å². The van der Waals surface area contributed by atoms with Crippen molar-refractivity contribution in [2.45, 2.75) is 31.8 Å². The third kappa shape index (κ3) is 2.69. The van der Waals surface area contributed by atoms with E-state index in [1.807, 2.05) is 6.92 Å². The smallest absolute Gasteiger partial charge is 0.108 e. The Morgan fingerprint density at radius 2 is 2.29 bits per heavy atom. The maximum absolute atomic E-state index is 7.46. The van der Waals surface area contributed by atoms with Gasteiger partial charge in [0.15, 0.2) is 0 Å². The molecule has 0 spiro atoms. The second kappa shape index (κ2) is 4.75. The van der Waals surface area contributed by atoms with Crippen LogP contribution in [0.5, 0.6) is 0 Å². The van der Waals surface area contributed by atoms with Gasteiger partial charge in [-0.05, 0) is 40.4 Å². The molecule has 0 aromatic carbocycles. The summed E-state index contributed by atoms with van der Waals surface area (Å²) in [7, 11) is 4.18. The highest BCUT2D eigenvalue weighted by Gasteiger charge is 2.29. The van der Waals surface area contributed by atoms with Crippen LogP contribution in [0.2, 0.25) is 0 Å². The van der Waals surface area contributed by atoms with E-state index in [4.69, 9.17) is 11.1 Å². The van der Waals surface area contributed by atoms with Crippen molar-refractivity contribution in [3.05, 3.63) is 0 Å². The second-order valence-corrected chi connectivity index (χ2v) is 4.43. The van der Waals surface area contributed by atoms with E-state index >= 15 is 0 Å². The van der Waals surface area contributed by atoms with E-state index in [0.29, 0.717) is 6.04 Å². The van der Waals surface area contributed by atoms with Gasteiger partial charge in [-0.2, -0.15) is 0 Å². The van der Waals surface area contributed by atoms with Crippen LogP contribution >= 0.6 is 0 Å². The highest BCUT2D eigenvalue weighted by molar-refractivity contribution is 5.82. The zero-order valence-corrected chi connectivity index (χ0v) is 9.45. The van der Waals surface area contributed by atoms with E-state index in [-0.39, 0.29) is 11.9 Å². The minimum absolute atomic E-state index is 0.0995. The molecule has 1 fully saturated rings. The summed E-state index contributed by atoms with van der Waals surface area (Å²) >= 11 is 0. The summed E-state index contributed by atoms with van der Waals surface area (Å²) in [5, 5.41) is 7.46. The Balaban J connectivity index is 2.54. The van der Waals surface area contributed by atoms with Gasteiger partial charge >= 0.3 is 0 Å². The van der Waals surface area contributed by atoms with Crippen LogP contribution < -0.4 is 5.73 Å². The molecule has 2 unspecified atom stereocenters. The highest BCUT2D eigenvalue weighted by atomic mass is 15.2. The van der Waals surface area contributed by atoms with Crippen LogP contribution in [0.4, 0.5) is 0 Å². The van der Waals surface area contributed by atoms with Gasteiger partial charge in [0.25, 0.3) is 0 Å². The number of amidine groups is 1. The van der Waals surface area contributed by atoms with Crippen molar-refractivity contribution >= 4 is 5.84 Å². The van der Waals surface area contributed by atoms with Crippen LogP contribution in [-0.2, 0) is 0 Å². The zero-order chi connectivity index (χ0) is 10.7. The summed E-state index contributed by atoms with van der Waals surface area (Å²) in [5.74, 6) is 0.288. The number of hydrogen-bond donors (Lipinski definition) is 2. The fraction of sp³-hybridized carbons (Fsp3) is 0.900. The summed E-state index contributed by atoms with van der Waals surface area (Å²) in [6.07, 6.45) is 2.46. The molecule has 4 nitrogen and oxygen atoms in total. The quantitative estimate of drug-likeness (QED) is 0.506. The van der Waals surface area contributed by atoms with Crippen molar-refractivity contribution in [2.75, 3.05) is 27.2 Å². The van der Waals surface area contributed by atoms with Gasteiger partial charge < -0.3 is 10.6 Å². The van der Waals surface area contributed by atoms with Crippen molar-refractivity contribution in [3.63, 3.8) is 0 Å². The highest BCUT2D eigenvalue weighted by Crippen LogP contribution is 2.20. The fourth-order valence-corrected chi connectivity index (χ4v) is 2.16. The van der Waals surface area contributed by atoms with Crippen LogP contribution in [0.25, 0.3) is 0 Å². The first kappa shape index (κ1) is 11.5. The van der Waals surface area contributed by atoms with Crippen LogP contribution in [0.15, 0.2) is 0 Å². The SMILES string of the molecule is CC(C(=N)N)N1CCCC1CN(C)C. The molecule has 1 aliphatic heterocycles. The lowest BCUT2D eigenvalue weighted by molar-refractivity contribution is 0.192. The van der Waals surface area contributed by atoms with Gasteiger partial charge in [-0.1, -0.05) is 0 Å². The predicted octanol–water partition coefficient (Wildman–Crippen LogP) is 0.337. The van der Waals surface area contributed by atoms with Gasteiger partial charge in [-0.3, -0.25) is 10.3 Å². The van der Waals surface area contributed by atoms with Gasteiger partial charge in [0.2, 0.25) is 0 Å². The van der Waals surface area contributed by atoms with E-state index in [1.165, 1.54) is 12.8 Å². The summed E-state index contributed by atoms with van der Waals surface area (Å²) < 4.78 is 0. The molecule has 1 heterocycles. The third-order valence-electron chi connectivity index (χ3n) is 2.95. The van der Waals surface area contributed by atoms with Gasteiger partial charge in [-0.15, -0.1) is 0 Å². The molecule has 0 saturated carbocycles. The molecule has 1 aliphatic rings. The van der Waals surface area contributed by atoms with Gasteiger partial charge in [0.05, 0.1) is 6.04 Å².